The molecule has 0 aliphatic carbocycles. The summed E-state index contributed by atoms with van der Waals surface area (Å²) in [7, 11) is 0. The minimum atomic E-state index is -4.56. The molecule has 2 N–H and O–H groups in total. The molecule has 104 valence electrons. The molecule has 1 aliphatic rings. The van der Waals surface area contributed by atoms with Crippen LogP contribution in [0.25, 0.3) is 0 Å². The Morgan fingerprint density at radius 3 is 2.47 bits per heavy atom. The average Bonchev–Trinajstić information content (AvgIpc) is 2.38. The number of rotatable bonds is 1. The number of nitrogens with zero attached hydrogens (tertiary/aromatic N) is 1. The van der Waals surface area contributed by atoms with Crippen LogP contribution >= 0.6 is 0 Å². The van der Waals surface area contributed by atoms with Crippen molar-refractivity contribution in [2.45, 2.75) is 6.18 Å². The lowest BCUT2D eigenvalue weighted by Gasteiger charge is -2.27. The lowest BCUT2D eigenvalue weighted by atomic mass is 10.1. The molecule has 1 heterocycles. The number of nitrogens with two attached hydrogens (primary N) is 1. The van der Waals surface area contributed by atoms with Crippen molar-refractivity contribution in [2.75, 3.05) is 32.0 Å². The molecule has 0 atom stereocenters. The van der Waals surface area contributed by atoms with E-state index in [1.165, 1.54) is 11.0 Å². The summed E-state index contributed by atoms with van der Waals surface area (Å²) in [5.41, 5.74) is 3.92. The van der Waals surface area contributed by atoms with Gasteiger partial charge < -0.3 is 15.4 Å². The third-order valence-electron chi connectivity index (χ3n) is 2.90. The summed E-state index contributed by atoms with van der Waals surface area (Å²) in [5.74, 6) is -0.436. The van der Waals surface area contributed by atoms with Crippen LogP contribution < -0.4 is 5.73 Å². The second-order valence-corrected chi connectivity index (χ2v) is 4.20. The zero-order valence-electron chi connectivity index (χ0n) is 10.0. The summed E-state index contributed by atoms with van der Waals surface area (Å²) in [6.45, 7) is 1.55. The fraction of sp³-hybridized carbons (Fsp3) is 0.417. The van der Waals surface area contributed by atoms with E-state index in [0.717, 1.165) is 12.1 Å². The zero-order chi connectivity index (χ0) is 14.0. The van der Waals surface area contributed by atoms with E-state index in [-0.39, 0.29) is 11.3 Å². The molecule has 1 aromatic carbocycles. The van der Waals surface area contributed by atoms with Crippen molar-refractivity contribution in [1.82, 2.24) is 4.90 Å². The number of amides is 1. The van der Waals surface area contributed by atoms with Gasteiger partial charge >= 0.3 is 6.18 Å². The molecular weight excluding hydrogens is 261 g/mol. The third kappa shape index (κ3) is 2.98. The Balaban J connectivity index is 2.27. The van der Waals surface area contributed by atoms with Crippen LogP contribution in [0, 0.1) is 0 Å². The van der Waals surface area contributed by atoms with E-state index in [9.17, 15) is 18.0 Å². The Bertz CT molecular complexity index is 482. The molecule has 0 spiro atoms. The van der Waals surface area contributed by atoms with E-state index in [1.54, 1.807) is 0 Å². The van der Waals surface area contributed by atoms with Gasteiger partial charge in [-0.3, -0.25) is 4.79 Å². The average molecular weight is 274 g/mol. The predicted octanol–water partition coefficient (Wildman–Crippen LogP) is 1.76. The second-order valence-electron chi connectivity index (χ2n) is 4.20. The third-order valence-corrected chi connectivity index (χ3v) is 2.90. The predicted molar refractivity (Wildman–Crippen MR) is 62.6 cm³/mol. The number of hydrogen-bond acceptors (Lipinski definition) is 3. The van der Waals surface area contributed by atoms with Crippen LogP contribution in [-0.4, -0.2) is 37.1 Å². The van der Waals surface area contributed by atoms with Gasteiger partial charge in [-0.15, -0.1) is 0 Å². The minimum absolute atomic E-state index is 0.0107. The Labute approximate surface area is 107 Å². The topological polar surface area (TPSA) is 55.6 Å². The Kier molecular flexibility index (Phi) is 3.66. The highest BCUT2D eigenvalue weighted by Gasteiger charge is 2.34. The smallest absolute Gasteiger partial charge is 0.398 e. The first kappa shape index (κ1) is 13.7. The standard InChI is InChI=1S/C12H13F3N2O2/c13-12(14,15)9-7-8(1-2-10(9)16)11(18)17-3-5-19-6-4-17/h1-2,7H,3-6,16H2. The largest absolute Gasteiger partial charge is 0.418 e. The van der Waals surface area contributed by atoms with Gasteiger partial charge in [-0.05, 0) is 18.2 Å². The second kappa shape index (κ2) is 5.08. The molecule has 0 bridgehead atoms. The summed E-state index contributed by atoms with van der Waals surface area (Å²) in [6, 6.07) is 3.21. The van der Waals surface area contributed by atoms with Crippen molar-refractivity contribution in [3.05, 3.63) is 29.3 Å². The van der Waals surface area contributed by atoms with Crippen LogP contribution in [0.5, 0.6) is 0 Å². The maximum Gasteiger partial charge on any atom is 0.418 e. The number of nitrogen functional groups attached to an aromatic ring is 1. The number of halogens is 3. The molecule has 1 saturated heterocycles. The first-order valence-electron chi connectivity index (χ1n) is 5.73. The van der Waals surface area contributed by atoms with Gasteiger partial charge in [-0.25, -0.2) is 0 Å². The van der Waals surface area contributed by atoms with Crippen LogP contribution in [0.2, 0.25) is 0 Å². The fourth-order valence-corrected chi connectivity index (χ4v) is 1.88. The number of ether oxygens (including phenoxy) is 1. The van der Waals surface area contributed by atoms with Crippen molar-refractivity contribution in [1.29, 1.82) is 0 Å². The van der Waals surface area contributed by atoms with Gasteiger partial charge in [0.15, 0.2) is 0 Å². The molecule has 2 rings (SSSR count). The quantitative estimate of drug-likeness (QED) is 0.794. The Hall–Kier alpha value is -1.76. The highest BCUT2D eigenvalue weighted by molar-refractivity contribution is 5.95. The number of hydrogen-bond donors (Lipinski definition) is 1. The molecule has 0 saturated carbocycles. The molecule has 1 aromatic rings. The molecule has 1 fully saturated rings. The van der Waals surface area contributed by atoms with Crippen LogP contribution in [0.15, 0.2) is 18.2 Å². The normalized spacial score (nSPS) is 16.5. The van der Waals surface area contributed by atoms with Crippen molar-refractivity contribution in [3.63, 3.8) is 0 Å². The molecule has 19 heavy (non-hydrogen) atoms. The number of benzene rings is 1. The lowest BCUT2D eigenvalue weighted by Crippen LogP contribution is -2.40. The number of morpholine rings is 1. The Morgan fingerprint density at radius 2 is 1.89 bits per heavy atom. The lowest BCUT2D eigenvalue weighted by molar-refractivity contribution is -0.136. The van der Waals surface area contributed by atoms with E-state index in [1.807, 2.05) is 0 Å². The van der Waals surface area contributed by atoms with Gasteiger partial charge in [-0.1, -0.05) is 0 Å². The van der Waals surface area contributed by atoms with Gasteiger partial charge in [0, 0.05) is 24.3 Å². The maximum atomic E-state index is 12.7. The molecule has 7 heteroatoms. The van der Waals surface area contributed by atoms with Crippen LogP contribution in [-0.2, 0) is 10.9 Å². The van der Waals surface area contributed by atoms with Crippen LogP contribution in [0.4, 0.5) is 18.9 Å². The summed E-state index contributed by atoms with van der Waals surface area (Å²) < 4.78 is 43.2. The van der Waals surface area contributed by atoms with E-state index < -0.39 is 17.6 Å². The molecule has 0 unspecified atom stereocenters. The molecule has 4 nitrogen and oxygen atoms in total. The van der Waals surface area contributed by atoms with Crippen LogP contribution in [0.1, 0.15) is 15.9 Å². The SMILES string of the molecule is Nc1ccc(C(=O)N2CCOCC2)cc1C(F)(F)F. The first-order valence-corrected chi connectivity index (χ1v) is 5.73. The van der Waals surface area contributed by atoms with Gasteiger partial charge in [0.1, 0.15) is 0 Å². The van der Waals surface area contributed by atoms with Gasteiger partial charge in [0.05, 0.1) is 18.8 Å². The van der Waals surface area contributed by atoms with Crippen LogP contribution in [0.3, 0.4) is 0 Å². The molecular formula is C12H13F3N2O2. The van der Waals surface area contributed by atoms with Gasteiger partial charge in [0.25, 0.3) is 5.91 Å². The maximum absolute atomic E-state index is 12.7. The number of carbonyl (C=O) groups is 1. The number of carbonyl (C=O) groups excluding carboxylic acids is 1. The summed E-state index contributed by atoms with van der Waals surface area (Å²) in [4.78, 5) is 13.5. The van der Waals surface area contributed by atoms with Gasteiger partial charge in [0.2, 0.25) is 0 Å². The monoisotopic (exact) mass is 274 g/mol. The zero-order valence-corrected chi connectivity index (χ0v) is 10.0. The molecule has 0 radical (unpaired) electrons. The minimum Gasteiger partial charge on any atom is -0.398 e. The van der Waals surface area contributed by atoms with E-state index in [0.29, 0.717) is 26.3 Å². The summed E-state index contributed by atoms with van der Waals surface area (Å²) in [6.07, 6.45) is -4.56. The fourth-order valence-electron chi connectivity index (χ4n) is 1.88. The summed E-state index contributed by atoms with van der Waals surface area (Å²) in [5, 5.41) is 0. The van der Waals surface area contributed by atoms with Gasteiger partial charge in [-0.2, -0.15) is 13.2 Å². The first-order chi connectivity index (χ1) is 8.89. The highest BCUT2D eigenvalue weighted by atomic mass is 19.4. The Morgan fingerprint density at radius 1 is 1.26 bits per heavy atom. The van der Waals surface area contributed by atoms with Crippen molar-refractivity contribution in [2.24, 2.45) is 0 Å². The number of anilines is 1. The van der Waals surface area contributed by atoms with Crippen molar-refractivity contribution < 1.29 is 22.7 Å². The molecule has 1 amide bonds. The summed E-state index contributed by atoms with van der Waals surface area (Å²) >= 11 is 0. The highest BCUT2D eigenvalue weighted by Crippen LogP contribution is 2.34. The van der Waals surface area contributed by atoms with E-state index >= 15 is 0 Å². The molecule has 1 aliphatic heterocycles. The van der Waals surface area contributed by atoms with E-state index in [2.05, 4.69) is 0 Å². The van der Waals surface area contributed by atoms with Crippen molar-refractivity contribution >= 4 is 11.6 Å². The molecule has 0 aromatic heterocycles. The van der Waals surface area contributed by atoms with Crippen molar-refractivity contribution in [3.8, 4) is 0 Å². The van der Waals surface area contributed by atoms with E-state index in [4.69, 9.17) is 10.5 Å². The number of alkyl halides is 3.